The quantitative estimate of drug-likeness (QED) is 0.736. The molecule has 0 radical (unpaired) electrons. The third kappa shape index (κ3) is 4.49. The van der Waals surface area contributed by atoms with Crippen LogP contribution in [-0.4, -0.2) is 51.8 Å². The fraction of sp³-hybridized carbons (Fsp3) is 0.708. The molecule has 2 amide bonds. The highest BCUT2D eigenvalue weighted by atomic mass is 16.2. The lowest BCUT2D eigenvalue weighted by molar-refractivity contribution is -0.156. The van der Waals surface area contributed by atoms with Crippen molar-refractivity contribution in [2.75, 3.05) is 13.1 Å². The number of fused-ring (bicyclic) bond motifs is 4. The summed E-state index contributed by atoms with van der Waals surface area (Å²) in [7, 11) is 0. The SMILES string of the molecule is CC(C)CC[C@H]1[C@H]2C[C@H](CN(C(=O)CCc3ccncc3)C2)[C@@H]2CCCC(=O)N21. The van der Waals surface area contributed by atoms with Gasteiger partial charge in [0.1, 0.15) is 0 Å². The zero-order valence-electron chi connectivity index (χ0n) is 17.9. The molecule has 29 heavy (non-hydrogen) atoms. The van der Waals surface area contributed by atoms with Crippen LogP contribution in [0.2, 0.25) is 0 Å². The number of hydrogen-bond donors (Lipinski definition) is 0. The molecular formula is C24H35N3O2. The highest BCUT2D eigenvalue weighted by molar-refractivity contribution is 5.79. The lowest BCUT2D eigenvalue weighted by Crippen LogP contribution is -2.65. The van der Waals surface area contributed by atoms with Crippen molar-refractivity contribution in [3.8, 4) is 0 Å². The first-order chi connectivity index (χ1) is 14.0. The number of amides is 2. The van der Waals surface area contributed by atoms with Crippen LogP contribution in [-0.2, 0) is 16.0 Å². The summed E-state index contributed by atoms with van der Waals surface area (Å²) in [6.07, 6.45) is 11.2. The maximum absolute atomic E-state index is 13.0. The van der Waals surface area contributed by atoms with Crippen LogP contribution in [0.5, 0.6) is 0 Å². The van der Waals surface area contributed by atoms with Crippen LogP contribution in [0.3, 0.4) is 0 Å². The van der Waals surface area contributed by atoms with Gasteiger partial charge in [0.25, 0.3) is 0 Å². The molecule has 1 aromatic rings. The molecule has 3 aliphatic rings. The molecule has 3 aliphatic heterocycles. The van der Waals surface area contributed by atoms with E-state index in [0.29, 0.717) is 48.6 Å². The van der Waals surface area contributed by atoms with Gasteiger partial charge < -0.3 is 9.80 Å². The van der Waals surface area contributed by atoms with E-state index in [4.69, 9.17) is 0 Å². The van der Waals surface area contributed by atoms with E-state index in [0.717, 1.165) is 45.2 Å². The van der Waals surface area contributed by atoms with Crippen molar-refractivity contribution in [2.45, 2.75) is 77.3 Å². The summed E-state index contributed by atoms with van der Waals surface area (Å²) in [6, 6.07) is 4.65. The molecule has 0 N–H and O–H groups in total. The Morgan fingerprint density at radius 1 is 1.21 bits per heavy atom. The van der Waals surface area contributed by atoms with Crippen LogP contribution >= 0.6 is 0 Å². The average Bonchev–Trinajstić information content (AvgIpc) is 2.73. The maximum atomic E-state index is 13.0. The van der Waals surface area contributed by atoms with Crippen LogP contribution in [0.4, 0.5) is 0 Å². The van der Waals surface area contributed by atoms with Crippen LogP contribution in [0, 0.1) is 17.8 Å². The Morgan fingerprint density at radius 3 is 2.72 bits per heavy atom. The highest BCUT2D eigenvalue weighted by Crippen LogP contribution is 2.43. The van der Waals surface area contributed by atoms with Gasteiger partial charge in [-0.3, -0.25) is 14.6 Å². The van der Waals surface area contributed by atoms with Gasteiger partial charge in [0.15, 0.2) is 0 Å². The molecule has 4 heterocycles. The van der Waals surface area contributed by atoms with Crippen molar-refractivity contribution in [3.63, 3.8) is 0 Å². The summed E-state index contributed by atoms with van der Waals surface area (Å²) in [5, 5.41) is 0. The summed E-state index contributed by atoms with van der Waals surface area (Å²) in [6.45, 7) is 6.18. The lowest BCUT2D eigenvalue weighted by atomic mass is 9.70. The number of piperidine rings is 3. The minimum atomic E-state index is 0.273. The van der Waals surface area contributed by atoms with Gasteiger partial charge in [-0.15, -0.1) is 0 Å². The van der Waals surface area contributed by atoms with E-state index in [1.54, 1.807) is 12.4 Å². The molecule has 2 bridgehead atoms. The Bertz CT molecular complexity index is 720. The van der Waals surface area contributed by atoms with E-state index in [-0.39, 0.29) is 5.91 Å². The summed E-state index contributed by atoms with van der Waals surface area (Å²) in [5.74, 6) is 2.18. The first-order valence-electron chi connectivity index (χ1n) is 11.5. The van der Waals surface area contributed by atoms with Crippen molar-refractivity contribution in [1.82, 2.24) is 14.8 Å². The third-order valence-electron chi connectivity index (χ3n) is 7.27. The number of nitrogens with zero attached hydrogens (tertiary/aromatic N) is 3. The van der Waals surface area contributed by atoms with Gasteiger partial charge in [-0.25, -0.2) is 0 Å². The van der Waals surface area contributed by atoms with Crippen molar-refractivity contribution < 1.29 is 9.59 Å². The van der Waals surface area contributed by atoms with E-state index in [2.05, 4.69) is 28.6 Å². The average molecular weight is 398 g/mol. The molecule has 5 nitrogen and oxygen atoms in total. The second kappa shape index (κ2) is 8.85. The smallest absolute Gasteiger partial charge is 0.223 e. The number of carbonyl (C=O) groups is 2. The molecular weight excluding hydrogens is 362 g/mol. The highest BCUT2D eigenvalue weighted by Gasteiger charge is 2.49. The van der Waals surface area contributed by atoms with Crippen molar-refractivity contribution in [2.24, 2.45) is 17.8 Å². The monoisotopic (exact) mass is 397 g/mol. The fourth-order valence-corrected chi connectivity index (χ4v) is 5.81. The van der Waals surface area contributed by atoms with Crippen molar-refractivity contribution in [1.29, 1.82) is 0 Å². The van der Waals surface area contributed by atoms with Crippen LogP contribution in [0.1, 0.15) is 64.4 Å². The predicted molar refractivity (Wildman–Crippen MR) is 113 cm³/mol. The molecule has 1 aromatic heterocycles. The molecule has 4 atom stereocenters. The summed E-state index contributed by atoms with van der Waals surface area (Å²) < 4.78 is 0. The minimum absolute atomic E-state index is 0.273. The molecule has 0 spiro atoms. The zero-order chi connectivity index (χ0) is 20.4. The van der Waals surface area contributed by atoms with E-state index in [1.165, 1.54) is 12.0 Å². The van der Waals surface area contributed by atoms with Crippen LogP contribution in [0.15, 0.2) is 24.5 Å². The Kier molecular flexibility index (Phi) is 6.21. The second-order valence-electron chi connectivity index (χ2n) is 9.71. The van der Waals surface area contributed by atoms with Gasteiger partial charge in [-0.05, 0) is 74.0 Å². The molecule has 0 aliphatic carbocycles. The predicted octanol–water partition coefficient (Wildman–Crippen LogP) is 3.68. The minimum Gasteiger partial charge on any atom is -0.342 e. The molecule has 0 aromatic carbocycles. The number of hydrogen-bond acceptors (Lipinski definition) is 3. The first-order valence-corrected chi connectivity index (χ1v) is 11.5. The van der Waals surface area contributed by atoms with Gasteiger partial charge in [-0.2, -0.15) is 0 Å². The fourth-order valence-electron chi connectivity index (χ4n) is 5.81. The molecule has 0 unspecified atom stereocenters. The van der Waals surface area contributed by atoms with E-state index >= 15 is 0 Å². The molecule has 158 valence electrons. The van der Waals surface area contributed by atoms with Gasteiger partial charge in [0, 0.05) is 50.4 Å². The summed E-state index contributed by atoms with van der Waals surface area (Å²) >= 11 is 0. The number of rotatable bonds is 6. The van der Waals surface area contributed by atoms with Crippen LogP contribution < -0.4 is 0 Å². The van der Waals surface area contributed by atoms with E-state index < -0.39 is 0 Å². The topological polar surface area (TPSA) is 53.5 Å². The van der Waals surface area contributed by atoms with E-state index in [1.807, 2.05) is 12.1 Å². The Balaban J connectivity index is 1.46. The summed E-state index contributed by atoms with van der Waals surface area (Å²) in [5.41, 5.74) is 1.17. The Hall–Kier alpha value is -1.91. The number of carbonyl (C=O) groups excluding carboxylic acids is 2. The molecule has 5 heteroatoms. The number of pyridine rings is 1. The number of likely N-dealkylation sites (tertiary alicyclic amines) is 1. The molecule has 0 saturated carbocycles. The molecule has 3 fully saturated rings. The number of aryl methyl sites for hydroxylation is 1. The largest absolute Gasteiger partial charge is 0.342 e. The standard InChI is InChI=1S/C24H35N3O2/c1-17(2)6-8-22-20-14-19(21-4-3-5-24(29)27(21)22)15-26(16-20)23(28)9-7-18-10-12-25-13-11-18/h10-13,17,19-22H,3-9,14-16H2,1-2H3/t19-,20+,21+,22+/m1/s1. The van der Waals surface area contributed by atoms with Crippen LogP contribution in [0.25, 0.3) is 0 Å². The van der Waals surface area contributed by atoms with Gasteiger partial charge in [0.05, 0.1) is 0 Å². The first kappa shape index (κ1) is 20.4. The maximum Gasteiger partial charge on any atom is 0.223 e. The second-order valence-corrected chi connectivity index (χ2v) is 9.71. The van der Waals surface area contributed by atoms with Gasteiger partial charge >= 0.3 is 0 Å². The summed E-state index contributed by atoms with van der Waals surface area (Å²) in [4.78, 5) is 34.3. The van der Waals surface area contributed by atoms with Gasteiger partial charge in [-0.1, -0.05) is 13.8 Å². The number of aromatic nitrogens is 1. The Morgan fingerprint density at radius 2 is 1.97 bits per heavy atom. The van der Waals surface area contributed by atoms with E-state index in [9.17, 15) is 9.59 Å². The lowest BCUT2D eigenvalue weighted by Gasteiger charge is -2.57. The zero-order valence-corrected chi connectivity index (χ0v) is 17.9. The third-order valence-corrected chi connectivity index (χ3v) is 7.27. The van der Waals surface area contributed by atoms with Crippen molar-refractivity contribution in [3.05, 3.63) is 30.1 Å². The normalized spacial score (nSPS) is 29.1. The Labute approximate surface area is 174 Å². The van der Waals surface area contributed by atoms with Crippen molar-refractivity contribution >= 4 is 11.8 Å². The molecule has 4 rings (SSSR count). The molecule has 3 saturated heterocycles. The van der Waals surface area contributed by atoms with Gasteiger partial charge in [0.2, 0.25) is 11.8 Å².